The van der Waals surface area contributed by atoms with E-state index in [4.69, 9.17) is 10.6 Å². The van der Waals surface area contributed by atoms with Crippen molar-refractivity contribution in [3.63, 3.8) is 0 Å². The fourth-order valence-electron chi connectivity index (χ4n) is 1.43. The number of hydrogen-bond acceptors (Lipinski definition) is 5. The first-order chi connectivity index (χ1) is 9.58. The Balaban J connectivity index is 2.86. The maximum Gasteiger partial charge on any atom is 0.266 e. The summed E-state index contributed by atoms with van der Waals surface area (Å²) in [6.07, 6.45) is 0.569. The van der Waals surface area contributed by atoms with Crippen LogP contribution in [-0.2, 0) is 4.79 Å². The molecule has 0 unspecified atom stereocenters. The predicted molar refractivity (Wildman–Crippen MR) is 79.3 cm³/mol. The number of nitrogens with two attached hydrogens (primary N) is 1. The molecule has 0 bridgehead atoms. The van der Waals surface area contributed by atoms with Crippen LogP contribution in [-0.4, -0.2) is 23.9 Å². The maximum atomic E-state index is 11.7. The molecular weight excluding hydrogens is 276 g/mol. The molecule has 1 amide bonds. The van der Waals surface area contributed by atoms with Crippen LogP contribution in [0.3, 0.4) is 0 Å². The largest absolute Gasteiger partial charge is 0.497 e. The Morgan fingerprint density at radius 1 is 1.45 bits per heavy atom. The molecule has 1 aromatic rings. The highest BCUT2D eigenvalue weighted by Crippen LogP contribution is 2.17. The van der Waals surface area contributed by atoms with Crippen molar-refractivity contribution in [3.8, 4) is 17.6 Å². The van der Waals surface area contributed by atoms with Crippen LogP contribution >= 0.6 is 11.8 Å². The van der Waals surface area contributed by atoms with Crippen molar-refractivity contribution in [2.24, 2.45) is 5.84 Å². The molecule has 1 aromatic carbocycles. The average Bonchev–Trinajstić information content (AvgIpc) is 2.45. The number of benzene rings is 1. The second kappa shape index (κ2) is 8.25. The molecule has 3 N–H and O–H groups in total. The van der Waals surface area contributed by atoms with Gasteiger partial charge < -0.3 is 4.74 Å². The minimum atomic E-state index is -0.425. The average molecular weight is 292 g/mol. The van der Waals surface area contributed by atoms with Crippen molar-refractivity contribution < 1.29 is 14.3 Å². The van der Waals surface area contributed by atoms with Crippen LogP contribution in [0.4, 0.5) is 0 Å². The SMILES string of the molecule is COc1ccc(C#CCCSC(C)=O)c(C(=O)NN)c1. The Hall–Kier alpha value is -1.97. The lowest BCUT2D eigenvalue weighted by Crippen LogP contribution is -2.30. The second-order valence-electron chi connectivity index (χ2n) is 3.78. The highest BCUT2D eigenvalue weighted by Gasteiger charge is 2.10. The van der Waals surface area contributed by atoms with E-state index in [9.17, 15) is 9.59 Å². The first-order valence-corrected chi connectivity index (χ1v) is 6.88. The number of carbonyl (C=O) groups is 2. The number of methoxy groups -OCH3 is 1. The van der Waals surface area contributed by atoms with Crippen molar-refractivity contribution >= 4 is 22.8 Å². The zero-order valence-electron chi connectivity index (χ0n) is 11.4. The number of ether oxygens (including phenoxy) is 1. The number of nitrogens with one attached hydrogen (secondary N) is 1. The number of amides is 1. The number of rotatable bonds is 4. The normalized spacial score (nSPS) is 9.35. The lowest BCUT2D eigenvalue weighted by molar-refractivity contribution is -0.109. The van der Waals surface area contributed by atoms with Gasteiger partial charge >= 0.3 is 0 Å². The maximum absolute atomic E-state index is 11.7. The zero-order valence-corrected chi connectivity index (χ0v) is 12.2. The van der Waals surface area contributed by atoms with E-state index in [1.54, 1.807) is 18.2 Å². The third-order valence-electron chi connectivity index (χ3n) is 2.36. The summed E-state index contributed by atoms with van der Waals surface area (Å²) in [5.74, 6) is 11.7. The molecule has 0 atom stereocenters. The Bertz CT molecular complexity index is 561. The van der Waals surface area contributed by atoms with E-state index in [0.29, 0.717) is 29.1 Å². The van der Waals surface area contributed by atoms with Gasteiger partial charge in [-0.05, 0) is 18.2 Å². The molecule has 0 heterocycles. The first kappa shape index (κ1) is 16.1. The molecule has 0 aliphatic carbocycles. The van der Waals surface area contributed by atoms with Crippen LogP contribution in [0.5, 0.6) is 5.75 Å². The fraction of sp³-hybridized carbons (Fsp3) is 0.286. The van der Waals surface area contributed by atoms with Crippen molar-refractivity contribution in [2.45, 2.75) is 13.3 Å². The van der Waals surface area contributed by atoms with E-state index < -0.39 is 5.91 Å². The van der Waals surface area contributed by atoms with Gasteiger partial charge in [0.05, 0.1) is 12.7 Å². The third kappa shape index (κ3) is 4.96. The lowest BCUT2D eigenvalue weighted by atomic mass is 10.1. The van der Waals surface area contributed by atoms with Crippen LogP contribution in [0, 0.1) is 11.8 Å². The summed E-state index contributed by atoms with van der Waals surface area (Å²) >= 11 is 1.23. The molecule has 0 fully saturated rings. The van der Waals surface area contributed by atoms with Crippen molar-refractivity contribution in [1.29, 1.82) is 0 Å². The van der Waals surface area contributed by atoms with Gasteiger partial charge in [-0.15, -0.1) is 0 Å². The Morgan fingerprint density at radius 2 is 2.20 bits per heavy atom. The monoisotopic (exact) mass is 292 g/mol. The van der Waals surface area contributed by atoms with E-state index in [2.05, 4.69) is 17.3 Å². The molecule has 20 heavy (non-hydrogen) atoms. The molecule has 6 heteroatoms. The Labute approximate surface area is 122 Å². The highest BCUT2D eigenvalue weighted by molar-refractivity contribution is 8.13. The summed E-state index contributed by atoms with van der Waals surface area (Å²) in [5, 5.41) is 0.0689. The fourth-order valence-corrected chi connectivity index (χ4v) is 1.92. The van der Waals surface area contributed by atoms with E-state index in [0.717, 1.165) is 0 Å². The standard InChI is InChI=1S/C14H16N2O3S/c1-10(17)20-8-4-3-5-11-6-7-12(19-2)9-13(11)14(18)16-15/h6-7,9H,4,8,15H2,1-2H3,(H,16,18). The van der Waals surface area contributed by atoms with Crippen LogP contribution in [0.15, 0.2) is 18.2 Å². The molecule has 0 spiro atoms. The summed E-state index contributed by atoms with van der Waals surface area (Å²) in [6, 6.07) is 5.01. The van der Waals surface area contributed by atoms with E-state index in [-0.39, 0.29) is 5.12 Å². The number of carbonyl (C=O) groups excluding carboxylic acids is 2. The van der Waals surface area contributed by atoms with Gasteiger partial charge in [0.15, 0.2) is 5.12 Å². The molecule has 0 aliphatic heterocycles. The Morgan fingerprint density at radius 3 is 2.80 bits per heavy atom. The predicted octanol–water partition coefficient (Wildman–Crippen LogP) is 1.32. The van der Waals surface area contributed by atoms with Gasteiger partial charge in [0.25, 0.3) is 5.91 Å². The van der Waals surface area contributed by atoms with Gasteiger partial charge in [0, 0.05) is 24.7 Å². The molecule has 0 aliphatic rings. The first-order valence-electron chi connectivity index (χ1n) is 5.89. The summed E-state index contributed by atoms with van der Waals surface area (Å²) in [7, 11) is 1.52. The highest BCUT2D eigenvalue weighted by atomic mass is 32.2. The molecule has 5 nitrogen and oxygen atoms in total. The molecule has 106 valence electrons. The van der Waals surface area contributed by atoms with Gasteiger partial charge in [-0.2, -0.15) is 0 Å². The van der Waals surface area contributed by atoms with Gasteiger partial charge in [-0.1, -0.05) is 23.6 Å². The third-order valence-corrected chi connectivity index (χ3v) is 3.17. The number of thioether (sulfide) groups is 1. The number of hydrazine groups is 1. The summed E-state index contributed by atoms with van der Waals surface area (Å²) < 4.78 is 5.06. The van der Waals surface area contributed by atoms with Crippen LogP contribution < -0.4 is 16.0 Å². The summed E-state index contributed by atoms with van der Waals surface area (Å²) in [6.45, 7) is 1.52. The van der Waals surface area contributed by atoms with Crippen molar-refractivity contribution in [1.82, 2.24) is 5.43 Å². The van der Waals surface area contributed by atoms with Crippen LogP contribution in [0.1, 0.15) is 29.3 Å². The van der Waals surface area contributed by atoms with Crippen LogP contribution in [0.25, 0.3) is 0 Å². The minimum absolute atomic E-state index is 0.0689. The molecular formula is C14H16N2O3S. The van der Waals surface area contributed by atoms with Gasteiger partial charge in [-0.3, -0.25) is 15.0 Å². The van der Waals surface area contributed by atoms with E-state index in [1.165, 1.54) is 25.8 Å². The number of hydrogen-bond donors (Lipinski definition) is 2. The molecule has 0 radical (unpaired) electrons. The van der Waals surface area contributed by atoms with Crippen LogP contribution in [0.2, 0.25) is 0 Å². The van der Waals surface area contributed by atoms with Gasteiger partial charge in [0.2, 0.25) is 0 Å². The zero-order chi connectivity index (χ0) is 15.0. The molecule has 0 aromatic heterocycles. The van der Waals surface area contributed by atoms with E-state index >= 15 is 0 Å². The van der Waals surface area contributed by atoms with Crippen molar-refractivity contribution in [2.75, 3.05) is 12.9 Å². The quantitative estimate of drug-likeness (QED) is 0.287. The molecule has 0 saturated carbocycles. The topological polar surface area (TPSA) is 81.4 Å². The van der Waals surface area contributed by atoms with Gasteiger partial charge in [0.1, 0.15) is 5.75 Å². The van der Waals surface area contributed by atoms with E-state index in [1.807, 2.05) is 0 Å². The minimum Gasteiger partial charge on any atom is -0.497 e. The molecule has 0 saturated heterocycles. The molecule has 1 rings (SSSR count). The Kier molecular flexibility index (Phi) is 6.64. The lowest BCUT2D eigenvalue weighted by Gasteiger charge is -2.06. The number of nitrogen functional groups attached to an aromatic ring is 1. The van der Waals surface area contributed by atoms with Crippen molar-refractivity contribution in [3.05, 3.63) is 29.3 Å². The second-order valence-corrected chi connectivity index (χ2v) is 5.05. The summed E-state index contributed by atoms with van der Waals surface area (Å²) in [4.78, 5) is 22.4. The smallest absolute Gasteiger partial charge is 0.266 e. The summed E-state index contributed by atoms with van der Waals surface area (Å²) in [5.41, 5.74) is 3.01. The van der Waals surface area contributed by atoms with Gasteiger partial charge in [-0.25, -0.2) is 5.84 Å².